The summed E-state index contributed by atoms with van der Waals surface area (Å²) in [6.45, 7) is 5.19. The van der Waals surface area contributed by atoms with Crippen molar-refractivity contribution in [2.24, 2.45) is 28.8 Å². The molecular weight excluding hydrogens is 619 g/mol. The SMILES string of the molecule is CO[C@@H](C1=CC([C@H](C)[C@@H](C)S(N)(=O)=O)C1)[C@@H]1CC[C@H]1CN1C[C@@]2(CCCc3cc(Cl)c(F)cc32)COc2ccc(C(=O)O)cc21. The van der Waals surface area contributed by atoms with Crippen molar-refractivity contribution >= 4 is 33.3 Å². The van der Waals surface area contributed by atoms with Crippen molar-refractivity contribution in [3.05, 3.63) is 69.5 Å². The zero-order valence-electron chi connectivity index (χ0n) is 26.0. The van der Waals surface area contributed by atoms with Crippen LogP contribution in [0.25, 0.3) is 0 Å². The predicted octanol–water partition coefficient (Wildman–Crippen LogP) is 5.95. The number of anilines is 1. The van der Waals surface area contributed by atoms with Crippen LogP contribution in [0.15, 0.2) is 42.0 Å². The molecular formula is C34H42ClFN2O6S. The molecule has 11 heteroatoms. The predicted molar refractivity (Wildman–Crippen MR) is 172 cm³/mol. The van der Waals surface area contributed by atoms with E-state index in [1.165, 1.54) is 5.57 Å². The van der Waals surface area contributed by atoms with Crippen LogP contribution in [0.1, 0.15) is 67.4 Å². The first-order valence-electron chi connectivity index (χ1n) is 15.8. The normalized spacial score (nSPS) is 27.9. The van der Waals surface area contributed by atoms with Crippen molar-refractivity contribution in [2.45, 2.75) is 69.1 Å². The maximum atomic E-state index is 14.9. The monoisotopic (exact) mass is 660 g/mol. The van der Waals surface area contributed by atoms with E-state index in [4.69, 9.17) is 26.2 Å². The lowest BCUT2D eigenvalue weighted by Gasteiger charge is -2.48. The molecule has 45 heavy (non-hydrogen) atoms. The Morgan fingerprint density at radius 1 is 1.27 bits per heavy atom. The molecule has 6 rings (SSSR count). The summed E-state index contributed by atoms with van der Waals surface area (Å²) in [5.74, 6) is -0.250. The zero-order valence-corrected chi connectivity index (χ0v) is 27.5. The average Bonchev–Trinajstić information content (AvgIpc) is 3.11. The van der Waals surface area contributed by atoms with Gasteiger partial charge in [0.25, 0.3) is 0 Å². The number of carbonyl (C=O) groups is 1. The van der Waals surface area contributed by atoms with Gasteiger partial charge in [-0.3, -0.25) is 0 Å². The largest absolute Gasteiger partial charge is 0.490 e. The number of ether oxygens (including phenoxy) is 2. The van der Waals surface area contributed by atoms with E-state index >= 15 is 0 Å². The van der Waals surface area contributed by atoms with Crippen LogP contribution in [0.5, 0.6) is 5.75 Å². The molecule has 0 saturated heterocycles. The molecule has 0 amide bonds. The van der Waals surface area contributed by atoms with Gasteiger partial charge in [0.2, 0.25) is 10.0 Å². The van der Waals surface area contributed by atoms with Crippen molar-refractivity contribution in [3.63, 3.8) is 0 Å². The van der Waals surface area contributed by atoms with Crippen LogP contribution in [-0.2, 0) is 26.6 Å². The van der Waals surface area contributed by atoms with Gasteiger partial charge < -0.3 is 19.5 Å². The first-order valence-corrected chi connectivity index (χ1v) is 17.8. The molecule has 1 spiro atoms. The second-order valence-electron chi connectivity index (χ2n) is 13.6. The second kappa shape index (κ2) is 12.2. The van der Waals surface area contributed by atoms with Crippen LogP contribution in [-0.4, -0.2) is 57.7 Å². The maximum Gasteiger partial charge on any atom is 0.335 e. The van der Waals surface area contributed by atoms with Crippen LogP contribution in [0.3, 0.4) is 0 Å². The van der Waals surface area contributed by atoms with Gasteiger partial charge in [-0.1, -0.05) is 24.6 Å². The van der Waals surface area contributed by atoms with Crippen LogP contribution in [0, 0.1) is 29.5 Å². The standard InChI is InChI=1S/C34H42ClFN2O6S/c1-19(20(2)45(37,41)42)24-11-25(12-24)32(43-3)26-8-6-23(26)16-38-17-34(10-4-5-21-13-28(35)29(36)15-27(21)34)18-44-31-9-7-22(33(39)40)14-30(31)38/h7,9,11,13-15,19-20,23-24,26,32H,4-6,8,10,12,16-18H2,1-3H3,(H,39,40)(H2,37,41,42)/t19-,20-,23+,24?,26-,32+,34+/m1/s1. The lowest BCUT2D eigenvalue weighted by Crippen LogP contribution is -2.50. The highest BCUT2D eigenvalue weighted by atomic mass is 35.5. The molecule has 1 fully saturated rings. The van der Waals surface area contributed by atoms with Crippen LogP contribution >= 0.6 is 11.6 Å². The van der Waals surface area contributed by atoms with Gasteiger partial charge in [-0.25, -0.2) is 22.7 Å². The Balaban J connectivity index is 1.28. The van der Waals surface area contributed by atoms with Crippen LogP contribution in [0.2, 0.25) is 5.02 Å². The molecule has 1 saturated carbocycles. The Morgan fingerprint density at radius 2 is 2.02 bits per heavy atom. The molecule has 0 bridgehead atoms. The number of sulfonamides is 1. The Morgan fingerprint density at radius 3 is 2.67 bits per heavy atom. The molecule has 1 heterocycles. The highest BCUT2D eigenvalue weighted by Crippen LogP contribution is 2.49. The number of nitrogens with two attached hydrogens (primary N) is 1. The van der Waals surface area contributed by atoms with E-state index in [9.17, 15) is 22.7 Å². The highest BCUT2D eigenvalue weighted by molar-refractivity contribution is 7.89. The summed E-state index contributed by atoms with van der Waals surface area (Å²) < 4.78 is 51.2. The van der Waals surface area contributed by atoms with E-state index in [0.717, 1.165) is 55.3 Å². The number of hydrogen-bond acceptors (Lipinski definition) is 6. The molecule has 7 atom stereocenters. The highest BCUT2D eigenvalue weighted by Gasteiger charge is 2.46. The minimum absolute atomic E-state index is 0.0781. The number of rotatable bonds is 9. The molecule has 244 valence electrons. The van der Waals surface area contributed by atoms with Crippen molar-refractivity contribution in [2.75, 3.05) is 31.7 Å². The topological polar surface area (TPSA) is 119 Å². The number of aryl methyl sites for hydroxylation is 1. The lowest BCUT2D eigenvalue weighted by molar-refractivity contribution is -0.000488. The van der Waals surface area contributed by atoms with E-state index < -0.39 is 32.5 Å². The van der Waals surface area contributed by atoms with Gasteiger partial charge in [-0.2, -0.15) is 0 Å². The van der Waals surface area contributed by atoms with E-state index in [1.54, 1.807) is 44.4 Å². The molecule has 0 aromatic heterocycles. The summed E-state index contributed by atoms with van der Waals surface area (Å²) in [5, 5.41) is 14.7. The van der Waals surface area contributed by atoms with E-state index in [1.807, 2.05) is 6.92 Å². The van der Waals surface area contributed by atoms with Crippen molar-refractivity contribution in [1.82, 2.24) is 0 Å². The number of primary sulfonamides is 1. The summed E-state index contributed by atoms with van der Waals surface area (Å²) in [6.07, 6.45) is 7.41. The Bertz CT molecular complexity index is 1630. The molecule has 1 unspecified atom stereocenters. The zero-order chi connectivity index (χ0) is 32.3. The second-order valence-corrected chi connectivity index (χ2v) is 16.0. The molecule has 0 radical (unpaired) electrons. The van der Waals surface area contributed by atoms with Crippen molar-refractivity contribution < 1.29 is 32.2 Å². The Kier molecular flexibility index (Phi) is 8.73. The number of nitrogens with zero attached hydrogens (tertiary/aromatic N) is 1. The molecule has 8 nitrogen and oxygen atoms in total. The summed E-state index contributed by atoms with van der Waals surface area (Å²) in [6, 6.07) is 8.30. The summed E-state index contributed by atoms with van der Waals surface area (Å²) >= 11 is 6.19. The van der Waals surface area contributed by atoms with Crippen molar-refractivity contribution in [3.8, 4) is 5.75 Å². The first-order chi connectivity index (χ1) is 21.3. The Labute approximate surface area is 269 Å². The van der Waals surface area contributed by atoms with Gasteiger partial charge in [-0.15, -0.1) is 0 Å². The van der Waals surface area contributed by atoms with Gasteiger partial charge in [0.15, 0.2) is 0 Å². The number of carboxylic acid groups (broad SMARTS) is 1. The van der Waals surface area contributed by atoms with Gasteiger partial charge in [-0.05, 0) is 116 Å². The van der Waals surface area contributed by atoms with Crippen LogP contribution < -0.4 is 14.8 Å². The number of halogens is 2. The number of fused-ring (bicyclic) bond motifs is 3. The number of carboxylic acids is 1. The molecule has 3 N–H and O–H groups in total. The third kappa shape index (κ3) is 5.99. The van der Waals surface area contributed by atoms with Crippen LogP contribution in [0.4, 0.5) is 10.1 Å². The third-order valence-electron chi connectivity index (χ3n) is 11.1. The first kappa shape index (κ1) is 32.3. The number of benzene rings is 2. The average molecular weight is 661 g/mol. The van der Waals surface area contributed by atoms with Gasteiger partial charge in [0.05, 0.1) is 34.2 Å². The molecule has 4 aliphatic rings. The fraction of sp³-hybridized carbons (Fsp3) is 0.559. The minimum Gasteiger partial charge on any atom is -0.490 e. The smallest absolute Gasteiger partial charge is 0.335 e. The minimum atomic E-state index is -3.61. The number of allylic oxidation sites excluding steroid dienone is 1. The quantitative estimate of drug-likeness (QED) is 0.319. The van der Waals surface area contributed by atoms with E-state index in [2.05, 4.69) is 11.0 Å². The van der Waals surface area contributed by atoms with Crippen molar-refractivity contribution in [1.29, 1.82) is 0 Å². The molecule has 3 aliphatic carbocycles. The van der Waals surface area contributed by atoms with E-state index in [-0.39, 0.29) is 40.4 Å². The summed E-state index contributed by atoms with van der Waals surface area (Å²) in [4.78, 5) is 14.2. The van der Waals surface area contributed by atoms with Gasteiger partial charge in [0, 0.05) is 25.6 Å². The molecule has 2 aromatic carbocycles. The maximum absolute atomic E-state index is 14.9. The van der Waals surface area contributed by atoms with Gasteiger partial charge in [0.1, 0.15) is 11.6 Å². The number of hydrogen-bond donors (Lipinski definition) is 2. The molecule has 2 aromatic rings. The summed E-state index contributed by atoms with van der Waals surface area (Å²) in [7, 11) is -1.88. The fourth-order valence-corrected chi connectivity index (χ4v) is 9.05. The lowest BCUT2D eigenvalue weighted by atomic mass is 9.64. The molecule has 1 aliphatic heterocycles. The number of methoxy groups -OCH3 is 1. The summed E-state index contributed by atoms with van der Waals surface area (Å²) in [5.41, 5.74) is 3.59. The fourth-order valence-electron chi connectivity index (χ4n) is 8.06. The Hall–Kier alpha value is -2.66. The third-order valence-corrected chi connectivity index (χ3v) is 12.9. The van der Waals surface area contributed by atoms with Gasteiger partial charge >= 0.3 is 5.97 Å². The van der Waals surface area contributed by atoms with E-state index in [0.29, 0.717) is 25.4 Å². The number of aromatic carboxylic acids is 1.